The summed E-state index contributed by atoms with van der Waals surface area (Å²) < 4.78 is 9.70. The molecule has 0 aromatic carbocycles. The topological polar surface area (TPSA) is 80.0 Å². The van der Waals surface area contributed by atoms with Gasteiger partial charge in [-0.3, -0.25) is 9.59 Å². The van der Waals surface area contributed by atoms with Gasteiger partial charge in [0.05, 0.1) is 19.3 Å². The average Bonchev–Trinajstić information content (AvgIpc) is 2.92. The van der Waals surface area contributed by atoms with Crippen molar-refractivity contribution in [3.63, 3.8) is 0 Å². The van der Waals surface area contributed by atoms with Gasteiger partial charge in [0.1, 0.15) is 0 Å². The monoisotopic (exact) mass is 216 g/mol. The predicted molar refractivity (Wildman–Crippen MR) is 52.2 cm³/mol. The van der Waals surface area contributed by atoms with Crippen molar-refractivity contribution >= 4 is 11.8 Å². The SMILES string of the molecule is COCCNC(=O)CNC(=O)[C@@H]1O[C@H]1C. The molecule has 0 bridgehead atoms. The summed E-state index contributed by atoms with van der Waals surface area (Å²) in [5, 5.41) is 5.07. The van der Waals surface area contributed by atoms with Crippen molar-refractivity contribution in [3.05, 3.63) is 0 Å². The Morgan fingerprint density at radius 3 is 2.60 bits per heavy atom. The Labute approximate surface area is 88.3 Å². The van der Waals surface area contributed by atoms with E-state index in [1.165, 1.54) is 0 Å². The van der Waals surface area contributed by atoms with Crippen LogP contribution in [0, 0.1) is 0 Å². The van der Waals surface area contributed by atoms with Crippen LogP contribution in [-0.4, -0.2) is 50.8 Å². The van der Waals surface area contributed by atoms with Crippen molar-refractivity contribution in [2.24, 2.45) is 0 Å². The Morgan fingerprint density at radius 2 is 2.07 bits per heavy atom. The Hall–Kier alpha value is -1.14. The minimum Gasteiger partial charge on any atom is -0.383 e. The van der Waals surface area contributed by atoms with Crippen LogP contribution in [0.15, 0.2) is 0 Å². The maximum atomic E-state index is 11.2. The summed E-state index contributed by atoms with van der Waals surface area (Å²) in [4.78, 5) is 22.3. The van der Waals surface area contributed by atoms with Gasteiger partial charge in [-0.15, -0.1) is 0 Å². The highest BCUT2D eigenvalue weighted by molar-refractivity contribution is 5.88. The molecule has 2 atom stereocenters. The molecule has 2 amide bonds. The molecule has 0 aliphatic carbocycles. The Kier molecular flexibility index (Phi) is 4.51. The first-order valence-corrected chi connectivity index (χ1v) is 4.84. The van der Waals surface area contributed by atoms with E-state index in [0.29, 0.717) is 13.2 Å². The highest BCUT2D eigenvalue weighted by atomic mass is 16.6. The first kappa shape index (κ1) is 11.9. The number of methoxy groups -OCH3 is 1. The molecule has 1 aliphatic rings. The van der Waals surface area contributed by atoms with Crippen molar-refractivity contribution in [2.45, 2.75) is 19.1 Å². The first-order valence-electron chi connectivity index (χ1n) is 4.84. The fourth-order valence-corrected chi connectivity index (χ4v) is 1.08. The van der Waals surface area contributed by atoms with Crippen molar-refractivity contribution in [1.29, 1.82) is 0 Å². The summed E-state index contributed by atoms with van der Waals surface area (Å²) in [7, 11) is 1.56. The van der Waals surface area contributed by atoms with Gasteiger partial charge in [-0.05, 0) is 6.92 Å². The zero-order chi connectivity index (χ0) is 11.3. The predicted octanol–water partition coefficient (Wildman–Crippen LogP) is -1.35. The third kappa shape index (κ3) is 4.26. The van der Waals surface area contributed by atoms with Gasteiger partial charge < -0.3 is 20.1 Å². The normalized spacial score (nSPS) is 23.3. The number of carbonyl (C=O) groups is 2. The van der Waals surface area contributed by atoms with Crippen LogP contribution in [0.2, 0.25) is 0 Å². The molecule has 1 aliphatic heterocycles. The summed E-state index contributed by atoms with van der Waals surface area (Å²) in [6, 6.07) is 0. The van der Waals surface area contributed by atoms with Crippen LogP contribution in [0.25, 0.3) is 0 Å². The second-order valence-electron chi connectivity index (χ2n) is 3.32. The van der Waals surface area contributed by atoms with E-state index in [-0.39, 0.29) is 30.6 Å². The third-order valence-corrected chi connectivity index (χ3v) is 2.02. The van der Waals surface area contributed by atoms with E-state index in [9.17, 15) is 9.59 Å². The molecular weight excluding hydrogens is 200 g/mol. The molecule has 6 nitrogen and oxygen atoms in total. The molecule has 0 spiro atoms. The Balaban J connectivity index is 2.03. The van der Waals surface area contributed by atoms with Crippen LogP contribution in [-0.2, 0) is 19.1 Å². The molecule has 15 heavy (non-hydrogen) atoms. The Morgan fingerprint density at radius 1 is 1.40 bits per heavy atom. The van der Waals surface area contributed by atoms with Crippen LogP contribution in [0.3, 0.4) is 0 Å². The summed E-state index contributed by atoms with van der Waals surface area (Å²) in [6.45, 7) is 2.70. The van der Waals surface area contributed by atoms with Gasteiger partial charge in [-0.2, -0.15) is 0 Å². The van der Waals surface area contributed by atoms with Gasteiger partial charge in [-0.1, -0.05) is 0 Å². The molecule has 1 saturated heterocycles. The summed E-state index contributed by atoms with van der Waals surface area (Å²) >= 11 is 0. The highest BCUT2D eigenvalue weighted by Crippen LogP contribution is 2.20. The first-order chi connectivity index (χ1) is 7.15. The number of rotatable bonds is 6. The fraction of sp³-hybridized carbons (Fsp3) is 0.778. The molecular formula is C9H16N2O4. The lowest BCUT2D eigenvalue weighted by Crippen LogP contribution is -2.39. The minimum absolute atomic E-state index is 0.0187. The molecule has 1 fully saturated rings. The fourth-order valence-electron chi connectivity index (χ4n) is 1.08. The highest BCUT2D eigenvalue weighted by Gasteiger charge is 2.40. The van der Waals surface area contributed by atoms with Gasteiger partial charge in [0, 0.05) is 13.7 Å². The van der Waals surface area contributed by atoms with Gasteiger partial charge in [-0.25, -0.2) is 0 Å². The van der Waals surface area contributed by atoms with Crippen molar-refractivity contribution in [3.8, 4) is 0 Å². The van der Waals surface area contributed by atoms with E-state index < -0.39 is 0 Å². The summed E-state index contributed by atoms with van der Waals surface area (Å²) in [6.07, 6.45) is -0.404. The minimum atomic E-state index is -0.378. The number of hydrogen-bond donors (Lipinski definition) is 2. The van der Waals surface area contributed by atoms with E-state index in [4.69, 9.17) is 9.47 Å². The number of carbonyl (C=O) groups excluding carboxylic acids is 2. The van der Waals surface area contributed by atoms with E-state index in [1.807, 2.05) is 6.92 Å². The Bertz CT molecular complexity index is 244. The van der Waals surface area contributed by atoms with Gasteiger partial charge in [0.15, 0.2) is 6.10 Å². The van der Waals surface area contributed by atoms with Crippen LogP contribution in [0.1, 0.15) is 6.92 Å². The van der Waals surface area contributed by atoms with Crippen LogP contribution in [0.4, 0.5) is 0 Å². The quantitative estimate of drug-likeness (QED) is 0.425. The number of nitrogens with one attached hydrogen (secondary N) is 2. The van der Waals surface area contributed by atoms with E-state index in [2.05, 4.69) is 10.6 Å². The molecule has 1 heterocycles. The van der Waals surface area contributed by atoms with Crippen LogP contribution < -0.4 is 10.6 Å². The van der Waals surface area contributed by atoms with Gasteiger partial charge >= 0.3 is 0 Å². The summed E-state index contributed by atoms with van der Waals surface area (Å²) in [5.74, 6) is -0.460. The summed E-state index contributed by atoms with van der Waals surface area (Å²) in [5.41, 5.74) is 0. The van der Waals surface area contributed by atoms with Crippen molar-refractivity contribution in [2.75, 3.05) is 26.8 Å². The second kappa shape index (κ2) is 5.67. The molecule has 0 saturated carbocycles. The van der Waals surface area contributed by atoms with Gasteiger partial charge in [0.25, 0.3) is 5.91 Å². The molecule has 1 rings (SSSR count). The molecule has 6 heteroatoms. The lowest BCUT2D eigenvalue weighted by molar-refractivity contribution is -0.126. The van der Waals surface area contributed by atoms with Crippen LogP contribution >= 0.6 is 0 Å². The number of amides is 2. The third-order valence-electron chi connectivity index (χ3n) is 2.02. The molecule has 86 valence electrons. The van der Waals surface area contributed by atoms with Gasteiger partial charge in [0.2, 0.25) is 5.91 Å². The molecule has 0 aromatic rings. The van der Waals surface area contributed by atoms with E-state index in [0.717, 1.165) is 0 Å². The molecule has 0 unspecified atom stereocenters. The van der Waals surface area contributed by atoms with Crippen molar-refractivity contribution in [1.82, 2.24) is 10.6 Å². The maximum Gasteiger partial charge on any atom is 0.252 e. The largest absolute Gasteiger partial charge is 0.383 e. The van der Waals surface area contributed by atoms with E-state index >= 15 is 0 Å². The number of epoxide rings is 1. The standard InChI is InChI=1S/C9H16N2O4/c1-6-8(15-6)9(13)11-5-7(12)10-3-4-14-2/h6,8H,3-5H2,1-2H3,(H,10,12)(H,11,13)/t6-,8+/m0/s1. The molecule has 2 N–H and O–H groups in total. The zero-order valence-corrected chi connectivity index (χ0v) is 8.91. The lowest BCUT2D eigenvalue weighted by atomic mass is 10.3. The maximum absolute atomic E-state index is 11.2. The van der Waals surface area contributed by atoms with E-state index in [1.54, 1.807) is 7.11 Å². The van der Waals surface area contributed by atoms with Crippen molar-refractivity contribution < 1.29 is 19.1 Å². The lowest BCUT2D eigenvalue weighted by Gasteiger charge is -2.04. The average molecular weight is 216 g/mol. The molecule has 0 aromatic heterocycles. The van der Waals surface area contributed by atoms with Crippen LogP contribution in [0.5, 0.6) is 0 Å². The number of hydrogen-bond acceptors (Lipinski definition) is 4. The smallest absolute Gasteiger partial charge is 0.252 e. The molecule has 0 radical (unpaired) electrons. The second-order valence-corrected chi connectivity index (χ2v) is 3.32. The zero-order valence-electron chi connectivity index (χ0n) is 8.91. The number of ether oxygens (including phenoxy) is 2.